The monoisotopic (exact) mass is 282 g/mol. The lowest BCUT2D eigenvalue weighted by Gasteiger charge is -2.41. The molecule has 1 saturated carbocycles. The first-order chi connectivity index (χ1) is 9.69. The van der Waals surface area contributed by atoms with Crippen LogP contribution in [0.25, 0.3) is 0 Å². The predicted molar refractivity (Wildman–Crippen MR) is 84.9 cm³/mol. The second-order valence-electron chi connectivity index (χ2n) is 7.34. The van der Waals surface area contributed by atoms with E-state index in [0.29, 0.717) is 18.6 Å². The number of nitrogens with zero attached hydrogens (tertiary/aromatic N) is 1. The van der Waals surface area contributed by atoms with E-state index >= 15 is 0 Å². The molecule has 3 nitrogen and oxygen atoms in total. The Bertz CT molecular complexity index is 264. The Morgan fingerprint density at radius 3 is 2.60 bits per heavy atom. The maximum absolute atomic E-state index is 9.27. The minimum atomic E-state index is 0.349. The Morgan fingerprint density at radius 2 is 1.95 bits per heavy atom. The Hall–Kier alpha value is -0.120. The number of nitrogens with one attached hydrogen (secondary N) is 1. The van der Waals surface area contributed by atoms with Crippen LogP contribution in [-0.4, -0.2) is 48.3 Å². The molecule has 2 fully saturated rings. The third-order valence-electron chi connectivity index (χ3n) is 5.10. The van der Waals surface area contributed by atoms with Crippen LogP contribution in [0.15, 0.2) is 0 Å². The minimum Gasteiger partial charge on any atom is -0.396 e. The summed E-state index contributed by atoms with van der Waals surface area (Å²) >= 11 is 0. The largest absolute Gasteiger partial charge is 0.396 e. The van der Waals surface area contributed by atoms with Gasteiger partial charge in [0, 0.05) is 31.8 Å². The van der Waals surface area contributed by atoms with E-state index in [1.807, 2.05) is 0 Å². The van der Waals surface area contributed by atoms with E-state index in [2.05, 4.69) is 24.1 Å². The predicted octanol–water partition coefficient (Wildman–Crippen LogP) is 2.64. The average Bonchev–Trinajstić information content (AvgIpc) is 2.92. The zero-order valence-electron chi connectivity index (χ0n) is 13.5. The summed E-state index contributed by atoms with van der Waals surface area (Å²) in [4.78, 5) is 2.73. The maximum atomic E-state index is 9.27. The van der Waals surface area contributed by atoms with Crippen molar-refractivity contribution in [3.05, 3.63) is 0 Å². The highest BCUT2D eigenvalue weighted by Crippen LogP contribution is 2.29. The normalized spacial score (nSPS) is 29.4. The summed E-state index contributed by atoms with van der Waals surface area (Å²) in [6, 6.07) is 1.46. The summed E-state index contributed by atoms with van der Waals surface area (Å²) in [5.74, 6) is 1.47. The van der Waals surface area contributed by atoms with Crippen molar-refractivity contribution >= 4 is 0 Å². The fourth-order valence-electron chi connectivity index (χ4n) is 3.92. The number of likely N-dealkylation sites (tertiary alicyclic amines) is 1. The van der Waals surface area contributed by atoms with Crippen LogP contribution in [0.1, 0.15) is 58.8 Å². The number of aliphatic hydroxyl groups excluding tert-OH is 1. The van der Waals surface area contributed by atoms with Crippen LogP contribution in [-0.2, 0) is 0 Å². The molecule has 1 aliphatic carbocycles. The van der Waals surface area contributed by atoms with E-state index in [0.717, 1.165) is 24.9 Å². The molecule has 1 heterocycles. The fraction of sp³-hybridized carbons (Fsp3) is 1.00. The van der Waals surface area contributed by atoms with Gasteiger partial charge in [-0.2, -0.15) is 0 Å². The zero-order valence-corrected chi connectivity index (χ0v) is 13.5. The van der Waals surface area contributed by atoms with Gasteiger partial charge in [-0.05, 0) is 50.5 Å². The zero-order chi connectivity index (χ0) is 14.4. The molecule has 0 aromatic rings. The van der Waals surface area contributed by atoms with Gasteiger partial charge in [-0.15, -0.1) is 0 Å². The lowest BCUT2D eigenvalue weighted by Crippen LogP contribution is -2.52. The second-order valence-corrected chi connectivity index (χ2v) is 7.34. The van der Waals surface area contributed by atoms with E-state index < -0.39 is 0 Å². The topological polar surface area (TPSA) is 35.5 Å². The van der Waals surface area contributed by atoms with E-state index in [4.69, 9.17) is 0 Å². The maximum Gasteiger partial charge on any atom is 0.0434 e. The summed E-state index contributed by atoms with van der Waals surface area (Å²) in [6.45, 7) is 8.52. The number of hydrogen-bond donors (Lipinski definition) is 2. The molecular formula is C17H34N2O. The smallest absolute Gasteiger partial charge is 0.0434 e. The Balaban J connectivity index is 1.83. The summed E-state index contributed by atoms with van der Waals surface area (Å²) in [5, 5.41) is 13.0. The van der Waals surface area contributed by atoms with Gasteiger partial charge in [0.2, 0.25) is 0 Å². The standard InChI is InChI=1S/C17H34N2O/c1-14(2)7-9-18-16-11-15(8-10-20)12-19(13-16)17-5-3-4-6-17/h14-18,20H,3-13H2,1-2H3. The average molecular weight is 282 g/mol. The molecular weight excluding hydrogens is 248 g/mol. The molecule has 0 spiro atoms. The van der Waals surface area contributed by atoms with Gasteiger partial charge in [0.05, 0.1) is 0 Å². The molecule has 2 unspecified atom stereocenters. The first-order valence-electron chi connectivity index (χ1n) is 8.77. The highest BCUT2D eigenvalue weighted by molar-refractivity contribution is 4.88. The number of hydrogen-bond acceptors (Lipinski definition) is 3. The number of piperidine rings is 1. The van der Waals surface area contributed by atoms with Gasteiger partial charge in [0.25, 0.3) is 0 Å². The Labute approximate surface area is 125 Å². The van der Waals surface area contributed by atoms with Crippen LogP contribution in [0.3, 0.4) is 0 Å². The molecule has 2 N–H and O–H groups in total. The number of rotatable bonds is 7. The van der Waals surface area contributed by atoms with Crippen LogP contribution in [0.4, 0.5) is 0 Å². The van der Waals surface area contributed by atoms with Crippen LogP contribution >= 0.6 is 0 Å². The third kappa shape index (κ3) is 5.01. The van der Waals surface area contributed by atoms with Crippen molar-refractivity contribution in [3.63, 3.8) is 0 Å². The van der Waals surface area contributed by atoms with Gasteiger partial charge < -0.3 is 10.4 Å². The highest BCUT2D eigenvalue weighted by Gasteiger charge is 2.31. The lowest BCUT2D eigenvalue weighted by atomic mass is 9.90. The quantitative estimate of drug-likeness (QED) is 0.753. The van der Waals surface area contributed by atoms with Crippen molar-refractivity contribution in [3.8, 4) is 0 Å². The third-order valence-corrected chi connectivity index (χ3v) is 5.10. The SMILES string of the molecule is CC(C)CCNC1CC(CCO)CN(C2CCCC2)C1. The molecule has 20 heavy (non-hydrogen) atoms. The van der Waals surface area contributed by atoms with Gasteiger partial charge in [0.15, 0.2) is 0 Å². The van der Waals surface area contributed by atoms with Crippen molar-refractivity contribution in [2.24, 2.45) is 11.8 Å². The van der Waals surface area contributed by atoms with Crippen molar-refractivity contribution in [2.45, 2.75) is 70.9 Å². The molecule has 0 amide bonds. The molecule has 0 aromatic heterocycles. The Morgan fingerprint density at radius 1 is 1.20 bits per heavy atom. The van der Waals surface area contributed by atoms with Gasteiger partial charge in [0.1, 0.15) is 0 Å². The molecule has 2 atom stereocenters. The van der Waals surface area contributed by atoms with E-state index in [-0.39, 0.29) is 0 Å². The molecule has 2 rings (SSSR count). The van der Waals surface area contributed by atoms with Crippen molar-refractivity contribution in [2.75, 3.05) is 26.2 Å². The first kappa shape index (κ1) is 16.3. The molecule has 118 valence electrons. The van der Waals surface area contributed by atoms with E-state index in [1.54, 1.807) is 0 Å². The lowest BCUT2D eigenvalue weighted by molar-refractivity contribution is 0.0859. The fourth-order valence-corrected chi connectivity index (χ4v) is 3.92. The molecule has 1 saturated heterocycles. The van der Waals surface area contributed by atoms with Crippen molar-refractivity contribution < 1.29 is 5.11 Å². The minimum absolute atomic E-state index is 0.349. The summed E-state index contributed by atoms with van der Waals surface area (Å²) in [7, 11) is 0. The van der Waals surface area contributed by atoms with E-state index in [9.17, 15) is 5.11 Å². The first-order valence-corrected chi connectivity index (χ1v) is 8.77. The van der Waals surface area contributed by atoms with Crippen LogP contribution in [0, 0.1) is 11.8 Å². The van der Waals surface area contributed by atoms with Gasteiger partial charge in [-0.25, -0.2) is 0 Å². The number of aliphatic hydroxyl groups is 1. The van der Waals surface area contributed by atoms with Gasteiger partial charge >= 0.3 is 0 Å². The molecule has 0 aromatic carbocycles. The molecule has 1 aliphatic heterocycles. The summed E-state index contributed by atoms with van der Waals surface area (Å²) in [6.07, 6.45) is 9.11. The molecule has 2 aliphatic rings. The summed E-state index contributed by atoms with van der Waals surface area (Å²) in [5.41, 5.74) is 0. The van der Waals surface area contributed by atoms with Crippen LogP contribution in [0.2, 0.25) is 0 Å². The molecule has 0 bridgehead atoms. The van der Waals surface area contributed by atoms with Gasteiger partial charge in [-0.3, -0.25) is 4.90 Å². The van der Waals surface area contributed by atoms with Crippen LogP contribution < -0.4 is 5.32 Å². The second kappa shape index (κ2) is 8.35. The molecule has 3 heteroatoms. The van der Waals surface area contributed by atoms with Crippen molar-refractivity contribution in [1.29, 1.82) is 0 Å². The highest BCUT2D eigenvalue weighted by atomic mass is 16.3. The Kier molecular flexibility index (Phi) is 6.79. The van der Waals surface area contributed by atoms with Crippen molar-refractivity contribution in [1.82, 2.24) is 10.2 Å². The van der Waals surface area contributed by atoms with Crippen LogP contribution in [0.5, 0.6) is 0 Å². The summed E-state index contributed by atoms with van der Waals surface area (Å²) < 4.78 is 0. The molecule has 0 radical (unpaired) electrons. The van der Waals surface area contributed by atoms with E-state index in [1.165, 1.54) is 51.6 Å². The van der Waals surface area contributed by atoms with Gasteiger partial charge in [-0.1, -0.05) is 26.7 Å².